The van der Waals surface area contributed by atoms with Crippen LogP contribution in [0.25, 0.3) is 0 Å². The van der Waals surface area contributed by atoms with Gasteiger partial charge < -0.3 is 10.2 Å². The topological polar surface area (TPSA) is 58.1 Å². The van der Waals surface area contributed by atoms with Gasteiger partial charge in [-0.1, -0.05) is 19.1 Å². The van der Waals surface area contributed by atoms with Crippen molar-refractivity contribution in [1.29, 1.82) is 0 Å². The molecule has 1 heterocycles. The van der Waals surface area contributed by atoms with Gasteiger partial charge in [0, 0.05) is 24.5 Å². The second-order valence-corrected chi connectivity index (χ2v) is 5.68. The second kappa shape index (κ2) is 7.61. The van der Waals surface area contributed by atoms with Crippen LogP contribution in [0.15, 0.2) is 24.3 Å². The van der Waals surface area contributed by atoms with E-state index in [1.165, 1.54) is 29.7 Å². The van der Waals surface area contributed by atoms with E-state index >= 15 is 0 Å². The monoisotopic (exact) mass is 358 g/mol. The van der Waals surface area contributed by atoms with E-state index in [4.69, 9.17) is 0 Å². The van der Waals surface area contributed by atoms with Crippen LogP contribution in [0.3, 0.4) is 0 Å². The number of alkyl halides is 3. The summed E-state index contributed by atoms with van der Waals surface area (Å²) in [4.78, 5) is 18.1. The van der Waals surface area contributed by atoms with Crippen LogP contribution in [0.1, 0.15) is 25.2 Å². The van der Waals surface area contributed by atoms with E-state index in [0.29, 0.717) is 23.9 Å². The summed E-state index contributed by atoms with van der Waals surface area (Å²) in [7, 11) is 0. The number of rotatable bonds is 6. The van der Waals surface area contributed by atoms with Crippen LogP contribution in [0.2, 0.25) is 0 Å². The van der Waals surface area contributed by atoms with Gasteiger partial charge in [-0.25, -0.2) is 4.98 Å². The Morgan fingerprint density at radius 1 is 1.29 bits per heavy atom. The van der Waals surface area contributed by atoms with Crippen molar-refractivity contribution in [3.05, 3.63) is 35.7 Å². The Kier molecular flexibility index (Phi) is 5.76. The Morgan fingerprint density at radius 3 is 2.58 bits per heavy atom. The molecule has 0 unspecified atom stereocenters. The number of carbonyl (C=O) groups excluding carboxylic acids is 1. The lowest BCUT2D eigenvalue weighted by Gasteiger charge is -2.19. The molecule has 0 aliphatic rings. The molecule has 1 N–H and O–H groups in total. The summed E-state index contributed by atoms with van der Waals surface area (Å²) in [6.07, 6.45) is -3.84. The smallest absolute Gasteiger partial charge is 0.338 e. The first-order valence-electron chi connectivity index (χ1n) is 7.38. The van der Waals surface area contributed by atoms with Crippen molar-refractivity contribution in [3.8, 4) is 0 Å². The van der Waals surface area contributed by atoms with Crippen molar-refractivity contribution in [2.24, 2.45) is 0 Å². The molecule has 0 fully saturated rings. The molecule has 24 heavy (non-hydrogen) atoms. The Morgan fingerprint density at radius 2 is 2.00 bits per heavy atom. The minimum Gasteiger partial charge on any atom is -0.338 e. The maximum absolute atomic E-state index is 13.0. The Labute approximate surface area is 141 Å². The molecular weight excluding hydrogens is 341 g/mol. The molecule has 1 aromatic heterocycles. The lowest BCUT2D eigenvalue weighted by atomic mass is 10.1. The van der Waals surface area contributed by atoms with Gasteiger partial charge in [0.25, 0.3) is 0 Å². The summed E-state index contributed by atoms with van der Waals surface area (Å²) in [5.74, 6) is 0.137. The van der Waals surface area contributed by atoms with Crippen LogP contribution in [0.4, 0.5) is 24.0 Å². The Balaban J connectivity index is 2.10. The highest BCUT2D eigenvalue weighted by atomic mass is 32.1. The Hall–Kier alpha value is -2.16. The van der Waals surface area contributed by atoms with Crippen molar-refractivity contribution in [3.63, 3.8) is 0 Å². The number of amides is 1. The SMILES string of the molecule is CCc1nsc(N(CC)CC(=O)Nc2ccccc2C(F)(F)F)n1. The van der Waals surface area contributed by atoms with Crippen LogP contribution in [-0.2, 0) is 17.4 Å². The molecule has 2 aromatic rings. The second-order valence-electron chi connectivity index (χ2n) is 4.95. The van der Waals surface area contributed by atoms with E-state index in [-0.39, 0.29) is 12.2 Å². The van der Waals surface area contributed by atoms with Crippen molar-refractivity contribution < 1.29 is 18.0 Å². The highest BCUT2D eigenvalue weighted by Crippen LogP contribution is 2.34. The van der Waals surface area contributed by atoms with Crippen molar-refractivity contribution in [2.45, 2.75) is 26.4 Å². The summed E-state index contributed by atoms with van der Waals surface area (Å²) < 4.78 is 43.0. The molecule has 0 aliphatic carbocycles. The number of carbonyl (C=O) groups is 1. The predicted octanol–water partition coefficient (Wildman–Crippen LogP) is 3.58. The minimum absolute atomic E-state index is 0.0962. The van der Waals surface area contributed by atoms with Crippen LogP contribution in [0.5, 0.6) is 0 Å². The van der Waals surface area contributed by atoms with Crippen LogP contribution >= 0.6 is 11.5 Å². The molecule has 2 rings (SSSR count). The number of hydrogen-bond acceptors (Lipinski definition) is 5. The average molecular weight is 358 g/mol. The number of benzene rings is 1. The number of para-hydroxylation sites is 1. The number of hydrogen-bond donors (Lipinski definition) is 1. The fourth-order valence-electron chi connectivity index (χ4n) is 2.03. The summed E-state index contributed by atoms with van der Waals surface area (Å²) in [5, 5.41) is 2.91. The number of nitrogens with one attached hydrogen (secondary N) is 1. The fourth-order valence-corrected chi connectivity index (χ4v) is 2.85. The Bertz CT molecular complexity index is 702. The van der Waals surface area contributed by atoms with E-state index in [0.717, 1.165) is 6.07 Å². The highest BCUT2D eigenvalue weighted by Gasteiger charge is 2.33. The maximum atomic E-state index is 13.0. The molecule has 9 heteroatoms. The number of nitrogens with zero attached hydrogens (tertiary/aromatic N) is 3. The van der Waals surface area contributed by atoms with E-state index in [1.54, 1.807) is 4.90 Å². The maximum Gasteiger partial charge on any atom is 0.418 e. The highest BCUT2D eigenvalue weighted by molar-refractivity contribution is 7.09. The number of halogens is 3. The zero-order valence-electron chi connectivity index (χ0n) is 13.2. The molecule has 0 saturated heterocycles. The molecule has 0 atom stereocenters. The molecule has 0 aliphatic heterocycles. The zero-order chi connectivity index (χ0) is 17.7. The first kappa shape index (κ1) is 18.2. The van der Waals surface area contributed by atoms with Gasteiger partial charge in [-0.15, -0.1) is 0 Å². The van der Waals surface area contributed by atoms with E-state index in [9.17, 15) is 18.0 Å². The third-order valence-corrected chi connectivity index (χ3v) is 4.08. The van der Waals surface area contributed by atoms with E-state index in [2.05, 4.69) is 14.7 Å². The summed E-state index contributed by atoms with van der Waals surface area (Å²) in [6.45, 7) is 4.15. The molecule has 0 radical (unpaired) electrons. The van der Waals surface area contributed by atoms with Gasteiger partial charge in [0.05, 0.1) is 17.8 Å². The third kappa shape index (κ3) is 4.44. The molecule has 130 valence electrons. The first-order chi connectivity index (χ1) is 11.3. The summed E-state index contributed by atoms with van der Waals surface area (Å²) in [5.41, 5.74) is -1.12. The van der Waals surface area contributed by atoms with Crippen LogP contribution in [0, 0.1) is 0 Å². The lowest BCUT2D eigenvalue weighted by molar-refractivity contribution is -0.137. The molecule has 1 aromatic carbocycles. The number of anilines is 2. The van der Waals surface area contributed by atoms with Gasteiger partial charge >= 0.3 is 6.18 Å². The predicted molar refractivity (Wildman–Crippen MR) is 87.2 cm³/mol. The standard InChI is InChI=1S/C15H17F3N4OS/c1-3-12-20-14(24-21-12)22(4-2)9-13(23)19-11-8-6-5-7-10(11)15(16,17)18/h5-8H,3-4,9H2,1-2H3,(H,19,23). The molecule has 0 bridgehead atoms. The van der Waals surface area contributed by atoms with Gasteiger partial charge in [0.2, 0.25) is 11.0 Å². The van der Waals surface area contributed by atoms with E-state index < -0.39 is 17.6 Å². The van der Waals surface area contributed by atoms with Crippen molar-refractivity contribution >= 4 is 28.3 Å². The fraction of sp³-hybridized carbons (Fsp3) is 0.400. The largest absolute Gasteiger partial charge is 0.418 e. The van der Waals surface area contributed by atoms with Crippen molar-refractivity contribution in [1.82, 2.24) is 9.36 Å². The summed E-state index contributed by atoms with van der Waals surface area (Å²) >= 11 is 1.17. The number of aromatic nitrogens is 2. The molecule has 0 spiro atoms. The van der Waals surface area contributed by atoms with Crippen LogP contribution in [-0.4, -0.2) is 28.4 Å². The molecule has 0 saturated carbocycles. The summed E-state index contributed by atoms with van der Waals surface area (Å²) in [6, 6.07) is 4.90. The lowest BCUT2D eigenvalue weighted by Crippen LogP contribution is -2.33. The molecule has 5 nitrogen and oxygen atoms in total. The van der Waals surface area contributed by atoms with Gasteiger partial charge in [0.15, 0.2) is 0 Å². The van der Waals surface area contributed by atoms with E-state index in [1.807, 2.05) is 13.8 Å². The minimum atomic E-state index is -4.52. The zero-order valence-corrected chi connectivity index (χ0v) is 14.0. The van der Waals surface area contributed by atoms with Crippen LogP contribution < -0.4 is 10.2 Å². The van der Waals surface area contributed by atoms with Gasteiger partial charge in [-0.05, 0) is 19.1 Å². The third-order valence-electron chi connectivity index (χ3n) is 3.27. The number of aryl methyl sites for hydroxylation is 1. The van der Waals surface area contributed by atoms with Gasteiger partial charge in [-0.2, -0.15) is 17.5 Å². The van der Waals surface area contributed by atoms with Gasteiger partial charge in [-0.3, -0.25) is 4.79 Å². The molecule has 1 amide bonds. The van der Waals surface area contributed by atoms with Gasteiger partial charge in [0.1, 0.15) is 5.82 Å². The molecular formula is C15H17F3N4OS. The normalized spacial score (nSPS) is 11.4. The quantitative estimate of drug-likeness (QED) is 0.857. The first-order valence-corrected chi connectivity index (χ1v) is 8.16. The number of likely N-dealkylation sites (N-methyl/N-ethyl adjacent to an activating group) is 1. The average Bonchev–Trinajstić information content (AvgIpc) is 3.01. The van der Waals surface area contributed by atoms with Crippen molar-refractivity contribution in [2.75, 3.05) is 23.3 Å².